The number of carbonyl (C=O) groups excluding carboxylic acids is 5. The van der Waals surface area contributed by atoms with E-state index in [-0.39, 0.29) is 66.5 Å². The molecule has 15 atom stereocenters. The number of ether oxygens (including phenoxy) is 3. The first-order valence-corrected chi connectivity index (χ1v) is 24.2. The molecule has 3 heterocycles. The van der Waals surface area contributed by atoms with Gasteiger partial charge in [0.1, 0.15) is 18.0 Å². The van der Waals surface area contributed by atoms with Crippen LogP contribution in [0.5, 0.6) is 0 Å². The fraction of sp³-hybridized carbons (Fsp3) is 0.750. The number of piperidine rings is 1. The lowest BCUT2D eigenvalue weighted by Crippen LogP contribution is -2.60. The first-order chi connectivity index (χ1) is 30.2. The predicted octanol–water partition coefficient (Wildman–Crippen LogP) is 7.47. The SMILES string of the molecule is CO[C@@H]1C[C@H](C[C@@H](C)[C@@H]2CC(=O)[C@H](C)/C=C(\C)[C@@H](O)[C@@H](OC)C(=O)[C@H](C)C[C@H](C)/C=C/C=C/C=C(\C)C(C)C[C@@H]3CC[C@@H](C)[C@@](O)(O3)C(=O)C(=O)N3CCCC[C@H]3C(=O)C2)CC[C@H]1O. The molecule has 0 radical (unpaired) electrons. The molecular weight excluding hydrogens is 815 g/mol. The van der Waals surface area contributed by atoms with E-state index >= 15 is 0 Å². The quantitative estimate of drug-likeness (QED) is 0.184. The molecule has 1 unspecified atom stereocenters. The Labute approximate surface area is 383 Å². The Morgan fingerprint density at radius 1 is 0.812 bits per heavy atom. The Morgan fingerprint density at radius 2 is 1.52 bits per heavy atom. The second kappa shape index (κ2) is 24.6. The molecule has 2 bridgehead atoms. The summed E-state index contributed by atoms with van der Waals surface area (Å²) in [6.45, 7) is 15.3. The number of hydrogen-bond acceptors (Lipinski definition) is 11. The molecule has 4 rings (SSSR count). The first kappa shape index (κ1) is 53.5. The van der Waals surface area contributed by atoms with E-state index in [1.165, 1.54) is 12.0 Å². The molecule has 1 amide bonds. The van der Waals surface area contributed by atoms with E-state index in [4.69, 9.17) is 14.2 Å². The number of fused-ring (bicyclic) bond motifs is 3. The highest BCUT2D eigenvalue weighted by molar-refractivity contribution is 6.39. The van der Waals surface area contributed by atoms with Gasteiger partial charge in [-0.05, 0) is 120 Å². The van der Waals surface area contributed by atoms with Crippen molar-refractivity contribution in [1.29, 1.82) is 0 Å². The lowest BCUT2D eigenvalue weighted by Gasteiger charge is -2.43. The molecule has 12 heteroatoms. The van der Waals surface area contributed by atoms with Gasteiger partial charge in [0, 0.05) is 51.4 Å². The van der Waals surface area contributed by atoms with Crippen LogP contribution in [0.4, 0.5) is 0 Å². The van der Waals surface area contributed by atoms with Gasteiger partial charge in [0.15, 0.2) is 11.6 Å². The Bertz CT molecular complexity index is 1730. The normalized spacial score (nSPS) is 41.0. The number of methoxy groups -OCH3 is 2. The van der Waals surface area contributed by atoms with Gasteiger partial charge < -0.3 is 34.4 Å². The molecule has 3 fully saturated rings. The van der Waals surface area contributed by atoms with Crippen molar-refractivity contribution in [2.45, 2.75) is 181 Å². The topological polar surface area (TPSA) is 177 Å². The summed E-state index contributed by atoms with van der Waals surface area (Å²) in [7, 11) is 3.00. The number of aliphatic hydroxyl groups excluding tert-OH is 2. The number of carbonyl (C=O) groups is 5. The third kappa shape index (κ3) is 14.0. The third-order valence-corrected chi connectivity index (χ3v) is 15.1. The van der Waals surface area contributed by atoms with Crippen molar-refractivity contribution in [2.24, 2.45) is 47.3 Å². The first-order valence-electron chi connectivity index (χ1n) is 24.2. The molecule has 0 aromatic rings. The van der Waals surface area contributed by atoms with E-state index in [0.717, 1.165) is 12.0 Å². The number of nitrogens with zero attached hydrogens (tertiary/aromatic N) is 1. The molecule has 12 nitrogen and oxygen atoms in total. The van der Waals surface area contributed by atoms with Crippen LogP contribution in [0.3, 0.4) is 0 Å². The molecule has 1 aliphatic carbocycles. The minimum atomic E-state index is -2.33. The summed E-state index contributed by atoms with van der Waals surface area (Å²) >= 11 is 0. The monoisotopic (exact) mass is 896 g/mol. The maximum Gasteiger partial charge on any atom is 0.296 e. The molecule has 0 spiro atoms. The van der Waals surface area contributed by atoms with Gasteiger partial charge in [-0.25, -0.2) is 0 Å². The van der Waals surface area contributed by atoms with Crippen LogP contribution in [0.15, 0.2) is 47.6 Å². The largest absolute Gasteiger partial charge is 0.390 e. The number of allylic oxidation sites excluding steroid dienone is 7. The number of Topliss-reactive ketones (excluding diaryl/α,β-unsaturated/α-hetero) is 4. The molecule has 2 saturated heterocycles. The van der Waals surface area contributed by atoms with Crippen LogP contribution in [0.25, 0.3) is 0 Å². The minimum Gasteiger partial charge on any atom is -0.390 e. The Hall–Kier alpha value is -3.13. The molecule has 0 aromatic carbocycles. The van der Waals surface area contributed by atoms with Crippen molar-refractivity contribution in [3.63, 3.8) is 0 Å². The summed E-state index contributed by atoms with van der Waals surface area (Å²) in [5.74, 6) is -6.79. The van der Waals surface area contributed by atoms with Gasteiger partial charge in [0.2, 0.25) is 5.79 Å². The van der Waals surface area contributed by atoms with Crippen LogP contribution in [-0.4, -0.2) is 112 Å². The van der Waals surface area contributed by atoms with Crippen molar-refractivity contribution in [1.82, 2.24) is 4.90 Å². The Morgan fingerprint density at radius 3 is 2.20 bits per heavy atom. The van der Waals surface area contributed by atoms with Gasteiger partial charge in [0.05, 0.1) is 24.4 Å². The summed E-state index contributed by atoms with van der Waals surface area (Å²) in [6.07, 6.45) is 14.5. The van der Waals surface area contributed by atoms with Crippen LogP contribution < -0.4 is 0 Å². The smallest absolute Gasteiger partial charge is 0.296 e. The van der Waals surface area contributed by atoms with Crippen LogP contribution in [0, 0.1) is 47.3 Å². The van der Waals surface area contributed by atoms with E-state index in [1.54, 1.807) is 34.0 Å². The molecule has 360 valence electrons. The predicted molar refractivity (Wildman–Crippen MR) is 247 cm³/mol. The molecule has 3 aliphatic heterocycles. The second-order valence-corrected chi connectivity index (χ2v) is 20.2. The summed E-state index contributed by atoms with van der Waals surface area (Å²) in [6, 6.07) is -0.897. The van der Waals surface area contributed by atoms with E-state index in [9.17, 15) is 39.3 Å². The van der Waals surface area contributed by atoms with Gasteiger partial charge in [-0.3, -0.25) is 24.0 Å². The summed E-state index contributed by atoms with van der Waals surface area (Å²) in [5, 5.41) is 33.9. The van der Waals surface area contributed by atoms with Crippen molar-refractivity contribution < 1.29 is 53.5 Å². The van der Waals surface area contributed by atoms with Gasteiger partial charge in [0.25, 0.3) is 11.7 Å². The fourth-order valence-electron chi connectivity index (χ4n) is 10.5. The number of rotatable bonds is 5. The lowest BCUT2D eigenvalue weighted by atomic mass is 9.74. The van der Waals surface area contributed by atoms with E-state index in [0.29, 0.717) is 69.8 Å². The molecule has 3 N–H and O–H groups in total. The van der Waals surface area contributed by atoms with Crippen LogP contribution >= 0.6 is 0 Å². The number of aliphatic hydroxyl groups is 3. The summed E-state index contributed by atoms with van der Waals surface area (Å²) in [5.41, 5.74) is 1.52. The molecule has 1 saturated carbocycles. The fourth-order valence-corrected chi connectivity index (χ4v) is 10.5. The Kier molecular flexibility index (Phi) is 20.5. The van der Waals surface area contributed by atoms with Gasteiger partial charge in [-0.2, -0.15) is 0 Å². The van der Waals surface area contributed by atoms with Crippen molar-refractivity contribution in [3.05, 3.63) is 47.6 Å². The van der Waals surface area contributed by atoms with Crippen LogP contribution in [0.1, 0.15) is 139 Å². The maximum atomic E-state index is 14.6. The highest BCUT2D eigenvalue weighted by Gasteiger charge is 2.52. The minimum absolute atomic E-state index is 0.00156. The summed E-state index contributed by atoms with van der Waals surface area (Å²) in [4.78, 5) is 72.2. The van der Waals surface area contributed by atoms with E-state index < -0.39 is 71.6 Å². The number of hydrogen-bond donors (Lipinski definition) is 3. The standard InChI is InChI=1S/C52H81NO11/c1-31-16-12-11-13-17-32(2)33(3)27-41-21-19-38(8)52(61,64-41)50(59)51(60)53-23-15-14-18-42(53)45(56)30-40(34(4)26-39-20-22-43(54)46(28-39)62-9)29-44(55)35(5)25-37(7)48(58)49(63-10)47(57)36(6)24-31/h11-13,16-17,25,31,33-36,38-43,46,48-49,54,58,61H,14-15,18-24,26-30H2,1-10H3/b13-11+,16-12+,32-17+,37-25+/t31-,33?,34-,35-,36-,38-,39+,40-,41+,42+,43-,46-,48-,49+,52-/m1/s1. The van der Waals surface area contributed by atoms with Crippen LogP contribution in [-0.2, 0) is 38.2 Å². The van der Waals surface area contributed by atoms with Gasteiger partial charge in [-0.1, -0.05) is 83.6 Å². The molecule has 64 heavy (non-hydrogen) atoms. The zero-order valence-corrected chi connectivity index (χ0v) is 40.5. The highest BCUT2D eigenvalue weighted by atomic mass is 16.6. The second-order valence-electron chi connectivity index (χ2n) is 20.2. The van der Waals surface area contributed by atoms with E-state index in [1.807, 2.05) is 58.1 Å². The molecular formula is C52H81NO11. The van der Waals surface area contributed by atoms with Crippen LogP contribution in [0.2, 0.25) is 0 Å². The zero-order valence-electron chi connectivity index (χ0n) is 40.5. The summed E-state index contributed by atoms with van der Waals surface area (Å²) < 4.78 is 17.4. The maximum absolute atomic E-state index is 14.6. The zero-order chi connectivity index (χ0) is 47.5. The van der Waals surface area contributed by atoms with Crippen molar-refractivity contribution in [2.75, 3.05) is 20.8 Å². The molecule has 0 aromatic heterocycles. The number of ketones is 4. The third-order valence-electron chi connectivity index (χ3n) is 15.1. The lowest BCUT2D eigenvalue weighted by molar-refractivity contribution is -0.264. The highest BCUT2D eigenvalue weighted by Crippen LogP contribution is 2.39. The molecule has 4 aliphatic rings. The average molecular weight is 896 g/mol. The van der Waals surface area contributed by atoms with Gasteiger partial charge >= 0.3 is 0 Å². The van der Waals surface area contributed by atoms with Gasteiger partial charge in [-0.15, -0.1) is 0 Å². The van der Waals surface area contributed by atoms with Crippen molar-refractivity contribution >= 4 is 29.0 Å². The van der Waals surface area contributed by atoms with E-state index in [2.05, 4.69) is 6.92 Å². The average Bonchev–Trinajstić information content (AvgIpc) is 3.26. The van der Waals surface area contributed by atoms with Crippen molar-refractivity contribution in [3.8, 4) is 0 Å². The number of amides is 1. The Balaban J connectivity index is 1.69.